The molecule has 0 saturated heterocycles. The van der Waals surface area contributed by atoms with E-state index in [-0.39, 0.29) is 17.9 Å². The van der Waals surface area contributed by atoms with Crippen molar-refractivity contribution in [2.75, 3.05) is 13.1 Å². The van der Waals surface area contributed by atoms with E-state index in [1.54, 1.807) is 12.1 Å². The van der Waals surface area contributed by atoms with Gasteiger partial charge in [0, 0.05) is 19.1 Å². The van der Waals surface area contributed by atoms with Crippen LogP contribution in [0.1, 0.15) is 31.9 Å². The third-order valence-corrected chi connectivity index (χ3v) is 3.55. The standard InChI is InChI=1S/C15H21FN2/c1-11-6-8-18(9-7-11)15(12(2)17)13-4-3-5-14(16)10-13/h3-6,10,12,15H,7-9,17H2,1-2H3. The van der Waals surface area contributed by atoms with Crippen LogP contribution in [-0.2, 0) is 0 Å². The molecule has 1 aliphatic heterocycles. The van der Waals surface area contributed by atoms with Crippen molar-refractivity contribution < 1.29 is 4.39 Å². The van der Waals surface area contributed by atoms with Crippen molar-refractivity contribution in [2.24, 2.45) is 5.73 Å². The molecule has 2 unspecified atom stereocenters. The lowest BCUT2D eigenvalue weighted by molar-refractivity contribution is 0.190. The molecule has 1 aliphatic rings. The Kier molecular flexibility index (Phi) is 4.15. The SMILES string of the molecule is CC1=CCN(C(c2cccc(F)c2)C(C)N)CC1. The summed E-state index contributed by atoms with van der Waals surface area (Å²) in [5, 5.41) is 0. The molecule has 2 atom stereocenters. The molecule has 0 fully saturated rings. The van der Waals surface area contributed by atoms with Crippen LogP contribution in [0.15, 0.2) is 35.9 Å². The Morgan fingerprint density at radius 2 is 2.17 bits per heavy atom. The molecule has 0 spiro atoms. The van der Waals surface area contributed by atoms with Gasteiger partial charge in [0.25, 0.3) is 0 Å². The highest BCUT2D eigenvalue weighted by atomic mass is 19.1. The molecule has 2 N–H and O–H groups in total. The smallest absolute Gasteiger partial charge is 0.123 e. The van der Waals surface area contributed by atoms with Crippen LogP contribution in [0.2, 0.25) is 0 Å². The second-order valence-electron chi connectivity index (χ2n) is 5.15. The molecule has 0 aliphatic carbocycles. The Bertz CT molecular complexity index is 440. The predicted molar refractivity (Wildman–Crippen MR) is 72.7 cm³/mol. The van der Waals surface area contributed by atoms with Gasteiger partial charge in [-0.3, -0.25) is 4.90 Å². The van der Waals surface area contributed by atoms with Gasteiger partial charge < -0.3 is 5.73 Å². The van der Waals surface area contributed by atoms with E-state index in [9.17, 15) is 4.39 Å². The molecular formula is C15H21FN2. The number of hydrogen-bond acceptors (Lipinski definition) is 2. The van der Waals surface area contributed by atoms with Gasteiger partial charge in [-0.15, -0.1) is 0 Å². The first kappa shape index (κ1) is 13.2. The number of benzene rings is 1. The van der Waals surface area contributed by atoms with Crippen molar-refractivity contribution in [3.63, 3.8) is 0 Å². The minimum Gasteiger partial charge on any atom is -0.326 e. The summed E-state index contributed by atoms with van der Waals surface area (Å²) >= 11 is 0. The number of halogens is 1. The molecule has 3 heteroatoms. The third kappa shape index (κ3) is 2.98. The van der Waals surface area contributed by atoms with E-state index in [1.807, 2.05) is 13.0 Å². The van der Waals surface area contributed by atoms with Gasteiger partial charge in [-0.05, 0) is 38.0 Å². The highest BCUT2D eigenvalue weighted by molar-refractivity contribution is 5.22. The normalized spacial score (nSPS) is 20.3. The molecule has 0 saturated carbocycles. The van der Waals surface area contributed by atoms with E-state index in [2.05, 4.69) is 17.9 Å². The number of nitrogens with two attached hydrogens (primary N) is 1. The van der Waals surface area contributed by atoms with Crippen LogP contribution in [-0.4, -0.2) is 24.0 Å². The van der Waals surface area contributed by atoms with E-state index in [0.29, 0.717) is 0 Å². The fraction of sp³-hybridized carbons (Fsp3) is 0.467. The van der Waals surface area contributed by atoms with Gasteiger partial charge in [0.05, 0.1) is 6.04 Å². The fourth-order valence-corrected chi connectivity index (χ4v) is 2.58. The number of rotatable bonds is 3. The quantitative estimate of drug-likeness (QED) is 0.833. The van der Waals surface area contributed by atoms with Crippen molar-refractivity contribution in [1.29, 1.82) is 0 Å². The lowest BCUT2D eigenvalue weighted by Crippen LogP contribution is -2.41. The lowest BCUT2D eigenvalue weighted by Gasteiger charge is -2.36. The second kappa shape index (κ2) is 5.63. The molecule has 1 heterocycles. The van der Waals surface area contributed by atoms with E-state index in [1.165, 1.54) is 11.6 Å². The Morgan fingerprint density at radius 3 is 2.72 bits per heavy atom. The summed E-state index contributed by atoms with van der Waals surface area (Å²) in [5.74, 6) is -0.193. The summed E-state index contributed by atoms with van der Waals surface area (Å²) in [6.45, 7) is 6.03. The van der Waals surface area contributed by atoms with E-state index in [0.717, 1.165) is 25.1 Å². The predicted octanol–water partition coefficient (Wildman–Crippen LogP) is 2.87. The second-order valence-corrected chi connectivity index (χ2v) is 5.15. The zero-order valence-corrected chi connectivity index (χ0v) is 11.1. The third-order valence-electron chi connectivity index (χ3n) is 3.55. The van der Waals surface area contributed by atoms with Gasteiger partial charge >= 0.3 is 0 Å². The highest BCUT2D eigenvalue weighted by Crippen LogP contribution is 2.26. The molecule has 0 radical (unpaired) electrons. The zero-order valence-electron chi connectivity index (χ0n) is 11.1. The molecule has 98 valence electrons. The molecule has 0 amide bonds. The van der Waals surface area contributed by atoms with Crippen LogP contribution in [0.3, 0.4) is 0 Å². The van der Waals surface area contributed by atoms with Gasteiger partial charge in [-0.1, -0.05) is 23.8 Å². The van der Waals surface area contributed by atoms with Gasteiger partial charge in [0.2, 0.25) is 0 Å². The first-order valence-electron chi connectivity index (χ1n) is 6.48. The molecule has 0 bridgehead atoms. The molecule has 2 nitrogen and oxygen atoms in total. The summed E-state index contributed by atoms with van der Waals surface area (Å²) in [7, 11) is 0. The monoisotopic (exact) mass is 248 g/mol. The molecule has 2 rings (SSSR count). The van der Waals surface area contributed by atoms with Gasteiger partial charge in [0.1, 0.15) is 5.82 Å². The molecular weight excluding hydrogens is 227 g/mol. The molecule has 0 aromatic heterocycles. The maximum absolute atomic E-state index is 13.3. The first-order valence-corrected chi connectivity index (χ1v) is 6.48. The van der Waals surface area contributed by atoms with Crippen molar-refractivity contribution in [1.82, 2.24) is 4.90 Å². The maximum atomic E-state index is 13.3. The van der Waals surface area contributed by atoms with E-state index >= 15 is 0 Å². The summed E-state index contributed by atoms with van der Waals surface area (Å²) in [4.78, 5) is 2.33. The first-order chi connectivity index (χ1) is 8.58. The maximum Gasteiger partial charge on any atom is 0.123 e. The van der Waals surface area contributed by atoms with Crippen LogP contribution in [0.4, 0.5) is 4.39 Å². The summed E-state index contributed by atoms with van der Waals surface area (Å²) in [5.41, 5.74) is 8.49. The summed E-state index contributed by atoms with van der Waals surface area (Å²) in [6, 6.07) is 6.86. The number of nitrogens with zero attached hydrogens (tertiary/aromatic N) is 1. The van der Waals surface area contributed by atoms with E-state index in [4.69, 9.17) is 5.73 Å². The van der Waals surface area contributed by atoms with Gasteiger partial charge in [-0.25, -0.2) is 4.39 Å². The Labute approximate surface area is 108 Å². The molecule has 18 heavy (non-hydrogen) atoms. The van der Waals surface area contributed by atoms with Crippen LogP contribution < -0.4 is 5.73 Å². The topological polar surface area (TPSA) is 29.3 Å². The van der Waals surface area contributed by atoms with Gasteiger partial charge in [-0.2, -0.15) is 0 Å². The van der Waals surface area contributed by atoms with Crippen molar-refractivity contribution in [3.8, 4) is 0 Å². The van der Waals surface area contributed by atoms with Crippen LogP contribution >= 0.6 is 0 Å². The van der Waals surface area contributed by atoms with Crippen LogP contribution in [0.25, 0.3) is 0 Å². The summed E-state index contributed by atoms with van der Waals surface area (Å²) in [6.07, 6.45) is 3.30. The Hall–Kier alpha value is -1.19. The Morgan fingerprint density at radius 1 is 1.39 bits per heavy atom. The van der Waals surface area contributed by atoms with Crippen molar-refractivity contribution in [3.05, 3.63) is 47.3 Å². The van der Waals surface area contributed by atoms with Crippen LogP contribution in [0.5, 0.6) is 0 Å². The average molecular weight is 248 g/mol. The van der Waals surface area contributed by atoms with Gasteiger partial charge in [0.15, 0.2) is 0 Å². The lowest BCUT2D eigenvalue weighted by atomic mass is 9.97. The Balaban J connectivity index is 2.24. The average Bonchev–Trinajstić information content (AvgIpc) is 2.32. The minimum absolute atomic E-state index is 0.0152. The molecule has 1 aromatic rings. The van der Waals surface area contributed by atoms with Crippen molar-refractivity contribution in [2.45, 2.75) is 32.4 Å². The van der Waals surface area contributed by atoms with Crippen LogP contribution in [0, 0.1) is 5.82 Å². The summed E-state index contributed by atoms with van der Waals surface area (Å²) < 4.78 is 13.3. The minimum atomic E-state index is -0.193. The molecule has 1 aromatic carbocycles. The largest absolute Gasteiger partial charge is 0.326 e. The fourth-order valence-electron chi connectivity index (χ4n) is 2.58. The number of hydrogen-bond donors (Lipinski definition) is 1. The van der Waals surface area contributed by atoms with E-state index < -0.39 is 0 Å². The zero-order chi connectivity index (χ0) is 13.1. The van der Waals surface area contributed by atoms with Crippen molar-refractivity contribution >= 4 is 0 Å². The highest BCUT2D eigenvalue weighted by Gasteiger charge is 2.25.